The highest BCUT2D eigenvalue weighted by Crippen LogP contribution is 2.29. The van der Waals surface area contributed by atoms with E-state index >= 15 is 0 Å². The Morgan fingerprint density at radius 3 is 2.83 bits per heavy atom. The number of nitrogens with zero attached hydrogens (tertiary/aromatic N) is 1. The summed E-state index contributed by atoms with van der Waals surface area (Å²) >= 11 is 3.50. The molecule has 1 aromatic rings. The van der Waals surface area contributed by atoms with E-state index in [0.29, 0.717) is 5.41 Å². The van der Waals surface area contributed by atoms with Crippen LogP contribution in [-0.2, 0) is 0 Å². The molecule has 1 aliphatic heterocycles. The molecule has 0 aromatic heterocycles. The van der Waals surface area contributed by atoms with E-state index in [0.717, 1.165) is 17.4 Å². The Labute approximate surface area is 119 Å². The van der Waals surface area contributed by atoms with E-state index < -0.39 is 0 Å². The second-order valence-electron chi connectivity index (χ2n) is 6.14. The van der Waals surface area contributed by atoms with Crippen molar-refractivity contribution in [1.82, 2.24) is 4.90 Å². The van der Waals surface area contributed by atoms with Gasteiger partial charge < -0.3 is 10.6 Å². The van der Waals surface area contributed by atoms with Gasteiger partial charge in [-0.15, -0.1) is 0 Å². The molecule has 0 spiro atoms. The van der Waals surface area contributed by atoms with Crippen LogP contribution in [0.2, 0.25) is 0 Å². The van der Waals surface area contributed by atoms with Crippen LogP contribution in [0.15, 0.2) is 28.7 Å². The minimum atomic E-state index is 0.145. The highest BCUT2D eigenvalue weighted by molar-refractivity contribution is 9.10. The number of nitrogens with two attached hydrogens (primary N) is 1. The maximum Gasteiger partial charge on any atom is 0.0307 e. The molecule has 2 rings (SSSR count). The minimum absolute atomic E-state index is 0.145. The average Bonchev–Trinajstić information content (AvgIpc) is 2.66. The summed E-state index contributed by atoms with van der Waals surface area (Å²) in [5.41, 5.74) is 7.97. The van der Waals surface area contributed by atoms with Gasteiger partial charge in [0.1, 0.15) is 0 Å². The van der Waals surface area contributed by atoms with E-state index in [2.05, 4.69) is 52.9 Å². The van der Waals surface area contributed by atoms with Gasteiger partial charge in [-0.3, -0.25) is 0 Å². The van der Waals surface area contributed by atoms with Gasteiger partial charge >= 0.3 is 0 Å². The van der Waals surface area contributed by atoms with Crippen molar-refractivity contribution in [3.63, 3.8) is 0 Å². The van der Waals surface area contributed by atoms with Crippen LogP contribution in [0.5, 0.6) is 0 Å². The third-order valence-electron chi connectivity index (χ3n) is 3.79. The third kappa shape index (κ3) is 3.81. The highest BCUT2D eigenvalue weighted by atomic mass is 79.9. The zero-order valence-corrected chi connectivity index (χ0v) is 12.9. The van der Waals surface area contributed by atoms with Crippen LogP contribution in [0.4, 0.5) is 0 Å². The van der Waals surface area contributed by atoms with Crippen molar-refractivity contribution < 1.29 is 0 Å². The summed E-state index contributed by atoms with van der Waals surface area (Å²) < 4.78 is 1.11. The Kier molecular flexibility index (Phi) is 4.46. The van der Waals surface area contributed by atoms with Gasteiger partial charge in [0.15, 0.2) is 0 Å². The van der Waals surface area contributed by atoms with Gasteiger partial charge in [0.05, 0.1) is 0 Å². The van der Waals surface area contributed by atoms with Crippen LogP contribution in [0, 0.1) is 5.41 Å². The zero-order valence-electron chi connectivity index (χ0n) is 11.3. The second-order valence-corrected chi connectivity index (χ2v) is 7.06. The van der Waals surface area contributed by atoms with E-state index in [1.165, 1.54) is 25.1 Å². The number of rotatable bonds is 4. The van der Waals surface area contributed by atoms with Crippen molar-refractivity contribution in [3.05, 3.63) is 34.3 Å². The van der Waals surface area contributed by atoms with Gasteiger partial charge in [0.2, 0.25) is 0 Å². The van der Waals surface area contributed by atoms with Crippen molar-refractivity contribution >= 4 is 15.9 Å². The lowest BCUT2D eigenvalue weighted by Crippen LogP contribution is -2.27. The molecule has 1 aromatic carbocycles. The Morgan fingerprint density at radius 1 is 1.44 bits per heavy atom. The van der Waals surface area contributed by atoms with Crippen molar-refractivity contribution in [2.24, 2.45) is 11.1 Å². The molecule has 0 aliphatic carbocycles. The molecule has 0 radical (unpaired) electrons. The van der Waals surface area contributed by atoms with Crippen LogP contribution in [-0.4, -0.2) is 24.5 Å². The topological polar surface area (TPSA) is 29.3 Å². The quantitative estimate of drug-likeness (QED) is 0.921. The Hall–Kier alpha value is -0.380. The van der Waals surface area contributed by atoms with E-state index in [9.17, 15) is 0 Å². The normalized spacial score (nSPS) is 21.1. The summed E-state index contributed by atoms with van der Waals surface area (Å²) in [6, 6.07) is 8.48. The molecule has 2 nitrogen and oxygen atoms in total. The van der Waals surface area contributed by atoms with Crippen LogP contribution in [0.1, 0.15) is 38.3 Å². The maximum atomic E-state index is 6.26. The molecule has 0 bridgehead atoms. The predicted octanol–water partition coefficient (Wildman–Crippen LogP) is 3.57. The fourth-order valence-electron chi connectivity index (χ4n) is 2.64. The summed E-state index contributed by atoms with van der Waals surface area (Å²) in [6.07, 6.45) is 2.34. The molecule has 1 atom stereocenters. The molecule has 1 heterocycles. The lowest BCUT2D eigenvalue weighted by molar-refractivity contribution is 0.281. The van der Waals surface area contributed by atoms with Crippen molar-refractivity contribution in [2.75, 3.05) is 19.6 Å². The molecule has 100 valence electrons. The summed E-state index contributed by atoms with van der Waals surface area (Å²) in [5.74, 6) is 0. The van der Waals surface area contributed by atoms with Crippen molar-refractivity contribution in [1.29, 1.82) is 0 Å². The van der Waals surface area contributed by atoms with Crippen LogP contribution in [0.3, 0.4) is 0 Å². The fourth-order valence-corrected chi connectivity index (χ4v) is 3.06. The molecule has 2 N–H and O–H groups in total. The van der Waals surface area contributed by atoms with Crippen LogP contribution >= 0.6 is 15.9 Å². The molecule has 0 saturated carbocycles. The smallest absolute Gasteiger partial charge is 0.0307 e. The minimum Gasteiger partial charge on any atom is -0.324 e. The summed E-state index contributed by atoms with van der Waals surface area (Å²) in [7, 11) is 0. The summed E-state index contributed by atoms with van der Waals surface area (Å²) in [4.78, 5) is 2.54. The van der Waals surface area contributed by atoms with E-state index in [1.54, 1.807) is 0 Å². The molecule has 1 fully saturated rings. The lowest BCUT2D eigenvalue weighted by Gasteiger charge is -2.21. The SMILES string of the molecule is CC1(C)CCN(CCC(N)c2cccc(Br)c2)C1. The molecule has 0 amide bonds. The zero-order chi connectivity index (χ0) is 13.2. The van der Waals surface area contributed by atoms with Crippen LogP contribution in [0.25, 0.3) is 0 Å². The highest BCUT2D eigenvalue weighted by Gasteiger charge is 2.28. The largest absolute Gasteiger partial charge is 0.324 e. The number of hydrogen-bond donors (Lipinski definition) is 1. The predicted molar refractivity (Wildman–Crippen MR) is 80.5 cm³/mol. The molecule has 18 heavy (non-hydrogen) atoms. The first-order valence-electron chi connectivity index (χ1n) is 6.70. The van der Waals surface area contributed by atoms with Gasteiger partial charge in [-0.1, -0.05) is 41.9 Å². The maximum absolute atomic E-state index is 6.26. The molecular formula is C15H23BrN2. The summed E-state index contributed by atoms with van der Waals surface area (Å²) in [6.45, 7) is 8.23. The van der Waals surface area contributed by atoms with Gasteiger partial charge in [-0.05, 0) is 49.0 Å². The lowest BCUT2D eigenvalue weighted by atomic mass is 9.93. The number of likely N-dealkylation sites (tertiary alicyclic amines) is 1. The number of hydrogen-bond acceptors (Lipinski definition) is 2. The Morgan fingerprint density at radius 2 is 2.22 bits per heavy atom. The van der Waals surface area contributed by atoms with Gasteiger partial charge in [-0.2, -0.15) is 0 Å². The Balaban J connectivity index is 1.84. The molecular weight excluding hydrogens is 288 g/mol. The third-order valence-corrected chi connectivity index (χ3v) is 4.28. The van der Waals surface area contributed by atoms with Crippen molar-refractivity contribution in [2.45, 2.75) is 32.7 Å². The average molecular weight is 311 g/mol. The molecule has 3 heteroatoms. The van der Waals surface area contributed by atoms with Gasteiger partial charge in [-0.25, -0.2) is 0 Å². The van der Waals surface area contributed by atoms with E-state index in [4.69, 9.17) is 5.73 Å². The monoisotopic (exact) mass is 310 g/mol. The first kappa shape index (κ1) is 14.0. The first-order chi connectivity index (χ1) is 8.46. The van der Waals surface area contributed by atoms with E-state index in [-0.39, 0.29) is 6.04 Å². The van der Waals surface area contributed by atoms with E-state index in [1.807, 2.05) is 6.07 Å². The second kappa shape index (κ2) is 5.72. The summed E-state index contributed by atoms with van der Waals surface area (Å²) in [5, 5.41) is 0. The standard InChI is InChI=1S/C15H23BrN2/c1-15(2)7-9-18(11-15)8-6-14(17)12-4-3-5-13(16)10-12/h3-5,10,14H,6-9,11,17H2,1-2H3. The van der Waals surface area contributed by atoms with Gasteiger partial charge in [0, 0.05) is 17.1 Å². The van der Waals surface area contributed by atoms with Crippen molar-refractivity contribution in [3.8, 4) is 0 Å². The fraction of sp³-hybridized carbons (Fsp3) is 0.600. The van der Waals surface area contributed by atoms with Gasteiger partial charge in [0.25, 0.3) is 0 Å². The first-order valence-corrected chi connectivity index (χ1v) is 7.49. The molecule has 1 unspecified atom stereocenters. The Bertz CT molecular complexity index is 403. The number of benzene rings is 1. The molecule has 1 aliphatic rings. The number of halogens is 1. The molecule has 1 saturated heterocycles. The van der Waals surface area contributed by atoms with Crippen LogP contribution < -0.4 is 5.73 Å².